The van der Waals surface area contributed by atoms with Gasteiger partial charge >= 0.3 is 0 Å². The summed E-state index contributed by atoms with van der Waals surface area (Å²) in [6, 6.07) is 6.27. The van der Waals surface area contributed by atoms with Crippen LogP contribution in [0.4, 0.5) is 0 Å². The molecule has 1 aromatic carbocycles. The van der Waals surface area contributed by atoms with Crippen LogP contribution in [0.2, 0.25) is 0 Å². The summed E-state index contributed by atoms with van der Waals surface area (Å²) in [6.45, 7) is 6.56. The van der Waals surface area contributed by atoms with E-state index < -0.39 is 0 Å². The van der Waals surface area contributed by atoms with Crippen LogP contribution in [0.25, 0.3) is 11.3 Å². The molecule has 0 N–H and O–H groups in total. The van der Waals surface area contributed by atoms with Gasteiger partial charge in [0.05, 0.1) is 19.1 Å². The highest BCUT2D eigenvalue weighted by Crippen LogP contribution is 2.36. The van der Waals surface area contributed by atoms with Gasteiger partial charge in [-0.2, -0.15) is 0 Å². The largest absolute Gasteiger partial charge is 0.496 e. The van der Waals surface area contributed by atoms with Crippen LogP contribution >= 0.6 is 15.9 Å². The molecule has 0 fully saturated rings. The maximum Gasteiger partial charge on any atom is 0.132 e. The highest BCUT2D eigenvalue weighted by molar-refractivity contribution is 9.10. The van der Waals surface area contributed by atoms with E-state index in [0.29, 0.717) is 0 Å². The number of aromatic nitrogens is 2. The van der Waals surface area contributed by atoms with Crippen molar-refractivity contribution in [2.75, 3.05) is 7.11 Å². The number of methoxy groups -OCH3 is 1. The standard InChI is InChI=1S/C15H19BrN2O/c1-15(2,3)11-8-10(6-7-12(11)19-5)13-14(16)17-9-18(13)4/h6-9H,1-5H3. The maximum atomic E-state index is 5.47. The van der Waals surface area contributed by atoms with Crippen molar-refractivity contribution < 1.29 is 4.74 Å². The highest BCUT2D eigenvalue weighted by atomic mass is 79.9. The Balaban J connectivity index is 2.62. The van der Waals surface area contributed by atoms with Gasteiger partial charge in [-0.15, -0.1) is 0 Å². The van der Waals surface area contributed by atoms with Crippen LogP contribution < -0.4 is 4.74 Å². The van der Waals surface area contributed by atoms with Crippen molar-refractivity contribution >= 4 is 15.9 Å². The number of rotatable bonds is 2. The molecule has 4 heteroatoms. The number of nitrogens with zero attached hydrogens (tertiary/aromatic N) is 2. The molecule has 0 saturated heterocycles. The first-order chi connectivity index (χ1) is 8.84. The second-order valence-electron chi connectivity index (χ2n) is 5.66. The monoisotopic (exact) mass is 322 g/mol. The zero-order valence-electron chi connectivity index (χ0n) is 12.0. The van der Waals surface area contributed by atoms with Crippen molar-refractivity contribution in [3.05, 3.63) is 34.7 Å². The van der Waals surface area contributed by atoms with Gasteiger partial charge in [0.2, 0.25) is 0 Å². The van der Waals surface area contributed by atoms with E-state index in [2.05, 4.69) is 53.8 Å². The minimum Gasteiger partial charge on any atom is -0.496 e. The molecule has 0 unspecified atom stereocenters. The lowest BCUT2D eigenvalue weighted by Gasteiger charge is -2.23. The summed E-state index contributed by atoms with van der Waals surface area (Å²) < 4.78 is 8.34. The average Bonchev–Trinajstić information content (AvgIpc) is 2.67. The number of halogens is 1. The SMILES string of the molecule is COc1ccc(-c2c(Br)ncn2C)cc1C(C)(C)C. The Hall–Kier alpha value is -1.29. The summed E-state index contributed by atoms with van der Waals surface area (Å²) in [5, 5.41) is 0. The van der Waals surface area contributed by atoms with Crippen LogP contribution in [0.1, 0.15) is 26.3 Å². The van der Waals surface area contributed by atoms with Crippen LogP contribution in [0, 0.1) is 0 Å². The summed E-state index contributed by atoms with van der Waals surface area (Å²) in [6.07, 6.45) is 1.81. The van der Waals surface area contributed by atoms with Crippen LogP contribution in [0.5, 0.6) is 5.75 Å². The van der Waals surface area contributed by atoms with Crippen LogP contribution in [0.15, 0.2) is 29.1 Å². The minimum atomic E-state index is 0.0341. The van der Waals surface area contributed by atoms with Gasteiger partial charge in [-0.25, -0.2) is 4.98 Å². The molecule has 2 rings (SSSR count). The molecule has 0 bridgehead atoms. The van der Waals surface area contributed by atoms with E-state index in [1.54, 1.807) is 13.4 Å². The molecule has 2 aromatic rings. The number of imidazole rings is 1. The van der Waals surface area contributed by atoms with Crippen molar-refractivity contribution in [3.63, 3.8) is 0 Å². The molecule has 1 aromatic heterocycles. The smallest absolute Gasteiger partial charge is 0.132 e. The summed E-state index contributed by atoms with van der Waals surface area (Å²) in [4.78, 5) is 4.28. The first-order valence-corrected chi connectivity index (χ1v) is 6.99. The van der Waals surface area contributed by atoms with Crippen molar-refractivity contribution in [2.24, 2.45) is 7.05 Å². The second kappa shape index (κ2) is 5.00. The molecule has 0 aliphatic heterocycles. The second-order valence-corrected chi connectivity index (χ2v) is 6.41. The Bertz CT molecular complexity index is 577. The number of hydrogen-bond donors (Lipinski definition) is 0. The number of ether oxygens (including phenoxy) is 1. The fraction of sp³-hybridized carbons (Fsp3) is 0.400. The molecular weight excluding hydrogens is 304 g/mol. The molecule has 0 radical (unpaired) electrons. The zero-order chi connectivity index (χ0) is 14.2. The first kappa shape index (κ1) is 14.1. The van der Waals surface area contributed by atoms with E-state index in [0.717, 1.165) is 21.6 Å². The molecule has 0 aliphatic carbocycles. The quantitative estimate of drug-likeness (QED) is 0.830. The number of hydrogen-bond acceptors (Lipinski definition) is 2. The molecule has 19 heavy (non-hydrogen) atoms. The first-order valence-electron chi connectivity index (χ1n) is 6.20. The highest BCUT2D eigenvalue weighted by Gasteiger charge is 2.20. The summed E-state index contributed by atoms with van der Waals surface area (Å²) in [5.41, 5.74) is 3.44. The third-order valence-electron chi connectivity index (χ3n) is 3.17. The Labute approximate surface area is 122 Å². The lowest BCUT2D eigenvalue weighted by atomic mass is 9.85. The van der Waals surface area contributed by atoms with Gasteiger partial charge in [-0.3, -0.25) is 0 Å². The molecule has 0 spiro atoms. The van der Waals surface area contributed by atoms with Crippen molar-refractivity contribution in [3.8, 4) is 17.0 Å². The van der Waals surface area contributed by atoms with E-state index in [1.807, 2.05) is 17.7 Å². The molecular formula is C15H19BrN2O. The van der Waals surface area contributed by atoms with Gasteiger partial charge in [0.1, 0.15) is 10.4 Å². The van der Waals surface area contributed by atoms with Crippen molar-refractivity contribution in [1.29, 1.82) is 0 Å². The lowest BCUT2D eigenvalue weighted by molar-refractivity contribution is 0.397. The van der Waals surface area contributed by atoms with Gasteiger partial charge in [0.25, 0.3) is 0 Å². The summed E-state index contributed by atoms with van der Waals surface area (Å²) in [5.74, 6) is 0.926. The molecule has 3 nitrogen and oxygen atoms in total. The zero-order valence-corrected chi connectivity index (χ0v) is 13.6. The molecule has 0 saturated carbocycles. The van der Waals surface area contributed by atoms with Gasteiger partial charge in [-0.05, 0) is 39.5 Å². The molecule has 0 aliphatic rings. The molecule has 0 atom stereocenters. The Morgan fingerprint density at radius 3 is 2.42 bits per heavy atom. The van der Waals surface area contributed by atoms with E-state index in [1.165, 1.54) is 5.56 Å². The van der Waals surface area contributed by atoms with Crippen LogP contribution in [0.3, 0.4) is 0 Å². The van der Waals surface area contributed by atoms with Gasteiger partial charge in [-0.1, -0.05) is 20.8 Å². The average molecular weight is 323 g/mol. The van der Waals surface area contributed by atoms with Crippen LogP contribution in [-0.2, 0) is 12.5 Å². The Morgan fingerprint density at radius 2 is 1.95 bits per heavy atom. The van der Waals surface area contributed by atoms with E-state index in [9.17, 15) is 0 Å². The van der Waals surface area contributed by atoms with E-state index in [4.69, 9.17) is 4.74 Å². The predicted molar refractivity (Wildman–Crippen MR) is 81.6 cm³/mol. The van der Waals surface area contributed by atoms with Crippen molar-refractivity contribution in [2.45, 2.75) is 26.2 Å². The predicted octanol–water partition coefficient (Wildman–Crippen LogP) is 4.16. The fourth-order valence-corrected chi connectivity index (χ4v) is 2.77. The van der Waals surface area contributed by atoms with Gasteiger partial charge in [0.15, 0.2) is 0 Å². The summed E-state index contributed by atoms with van der Waals surface area (Å²) >= 11 is 3.50. The molecule has 102 valence electrons. The number of aryl methyl sites for hydroxylation is 1. The lowest BCUT2D eigenvalue weighted by Crippen LogP contribution is -2.13. The third kappa shape index (κ3) is 2.68. The van der Waals surface area contributed by atoms with Gasteiger partial charge in [0, 0.05) is 18.2 Å². The molecule has 0 amide bonds. The van der Waals surface area contributed by atoms with Crippen LogP contribution in [-0.4, -0.2) is 16.7 Å². The van der Waals surface area contributed by atoms with E-state index in [-0.39, 0.29) is 5.41 Å². The topological polar surface area (TPSA) is 27.1 Å². The third-order valence-corrected chi connectivity index (χ3v) is 3.75. The Kier molecular flexibility index (Phi) is 3.72. The minimum absolute atomic E-state index is 0.0341. The Morgan fingerprint density at radius 1 is 1.26 bits per heavy atom. The van der Waals surface area contributed by atoms with E-state index >= 15 is 0 Å². The van der Waals surface area contributed by atoms with Crippen molar-refractivity contribution in [1.82, 2.24) is 9.55 Å². The summed E-state index contributed by atoms with van der Waals surface area (Å²) in [7, 11) is 3.71. The fourth-order valence-electron chi connectivity index (χ4n) is 2.17. The van der Waals surface area contributed by atoms with Gasteiger partial charge < -0.3 is 9.30 Å². The maximum absolute atomic E-state index is 5.47. The number of benzene rings is 1. The molecule has 1 heterocycles. The normalized spacial score (nSPS) is 11.7.